The van der Waals surface area contributed by atoms with Gasteiger partial charge in [-0.2, -0.15) is 0 Å². The summed E-state index contributed by atoms with van der Waals surface area (Å²) in [5, 5.41) is 1.13. The van der Waals surface area contributed by atoms with E-state index in [1.165, 1.54) is 5.56 Å². The molecule has 3 rings (SSSR count). The monoisotopic (exact) mass is 246 g/mol. The molecule has 0 aliphatic rings. The number of aliphatic imine (C=N–C) groups is 1. The molecule has 0 atom stereocenters. The van der Waals surface area contributed by atoms with Gasteiger partial charge >= 0.3 is 0 Å². The fraction of sp³-hybridized carbons (Fsp3) is 0.0588. The Bertz CT molecular complexity index is 745. The Balaban J connectivity index is 1.92. The second-order valence-corrected chi connectivity index (χ2v) is 4.55. The van der Waals surface area contributed by atoms with Crippen molar-refractivity contribution in [2.45, 2.75) is 6.92 Å². The minimum Gasteiger partial charge on any atom is -0.256 e. The van der Waals surface area contributed by atoms with Crippen LogP contribution in [0.15, 0.2) is 65.8 Å². The van der Waals surface area contributed by atoms with E-state index in [2.05, 4.69) is 41.2 Å². The third-order valence-electron chi connectivity index (χ3n) is 2.99. The zero-order chi connectivity index (χ0) is 13.1. The van der Waals surface area contributed by atoms with Crippen LogP contribution in [-0.2, 0) is 0 Å². The number of aryl methyl sites for hydroxylation is 1. The highest BCUT2D eigenvalue weighted by Gasteiger charge is 1.95. The zero-order valence-corrected chi connectivity index (χ0v) is 10.7. The van der Waals surface area contributed by atoms with E-state index >= 15 is 0 Å². The van der Waals surface area contributed by atoms with Gasteiger partial charge in [0.25, 0.3) is 0 Å². The zero-order valence-electron chi connectivity index (χ0n) is 10.7. The van der Waals surface area contributed by atoms with Crippen molar-refractivity contribution in [1.29, 1.82) is 0 Å². The molecule has 0 fully saturated rings. The molecule has 0 bridgehead atoms. The number of benzene rings is 2. The topological polar surface area (TPSA) is 25.2 Å². The maximum Gasteiger partial charge on any atom is 0.0702 e. The standard InChI is InChI=1S/C17H14N2/c1-13-4-2-6-16(10-13)19-12-14-7-8-17-15(11-14)5-3-9-18-17/h2-12H,1H3. The summed E-state index contributed by atoms with van der Waals surface area (Å²) in [6.07, 6.45) is 3.70. The van der Waals surface area contributed by atoms with Crippen LogP contribution in [-0.4, -0.2) is 11.2 Å². The summed E-state index contributed by atoms with van der Waals surface area (Å²) < 4.78 is 0. The first kappa shape index (κ1) is 11.6. The molecule has 19 heavy (non-hydrogen) atoms. The van der Waals surface area contributed by atoms with E-state index in [0.717, 1.165) is 22.2 Å². The normalized spacial score (nSPS) is 11.2. The molecule has 0 spiro atoms. The van der Waals surface area contributed by atoms with E-state index in [1.54, 1.807) is 0 Å². The average molecular weight is 246 g/mol. The molecule has 2 heteroatoms. The van der Waals surface area contributed by atoms with Crippen molar-refractivity contribution in [2.75, 3.05) is 0 Å². The summed E-state index contributed by atoms with van der Waals surface area (Å²) in [6.45, 7) is 2.07. The fourth-order valence-corrected chi connectivity index (χ4v) is 2.03. The smallest absolute Gasteiger partial charge is 0.0702 e. The number of rotatable bonds is 2. The highest BCUT2D eigenvalue weighted by atomic mass is 14.7. The third-order valence-corrected chi connectivity index (χ3v) is 2.99. The lowest BCUT2D eigenvalue weighted by molar-refractivity contribution is 1.41. The van der Waals surface area contributed by atoms with Gasteiger partial charge in [0.1, 0.15) is 0 Å². The molecular weight excluding hydrogens is 232 g/mol. The van der Waals surface area contributed by atoms with Gasteiger partial charge in [0.05, 0.1) is 11.2 Å². The molecule has 0 aliphatic carbocycles. The van der Waals surface area contributed by atoms with E-state index in [-0.39, 0.29) is 0 Å². The van der Waals surface area contributed by atoms with Gasteiger partial charge in [-0.05, 0) is 48.4 Å². The summed E-state index contributed by atoms with van der Waals surface area (Å²) in [5.74, 6) is 0. The van der Waals surface area contributed by atoms with Crippen LogP contribution in [0.5, 0.6) is 0 Å². The molecule has 0 saturated carbocycles. The minimum atomic E-state index is 0.978. The van der Waals surface area contributed by atoms with Crippen molar-refractivity contribution in [2.24, 2.45) is 4.99 Å². The fourth-order valence-electron chi connectivity index (χ4n) is 2.03. The predicted octanol–water partition coefficient (Wildman–Crippen LogP) is 4.29. The Kier molecular flexibility index (Phi) is 3.07. The molecule has 1 aromatic heterocycles. The highest BCUT2D eigenvalue weighted by Crippen LogP contribution is 2.15. The quantitative estimate of drug-likeness (QED) is 0.619. The van der Waals surface area contributed by atoms with Gasteiger partial charge in [0.2, 0.25) is 0 Å². The first-order valence-electron chi connectivity index (χ1n) is 6.27. The first-order chi connectivity index (χ1) is 9.31. The van der Waals surface area contributed by atoms with E-state index in [9.17, 15) is 0 Å². The Labute approximate surface area is 112 Å². The number of aromatic nitrogens is 1. The maximum atomic E-state index is 4.50. The van der Waals surface area contributed by atoms with Gasteiger partial charge in [-0.15, -0.1) is 0 Å². The predicted molar refractivity (Wildman–Crippen MR) is 80.2 cm³/mol. The summed E-state index contributed by atoms with van der Waals surface area (Å²) in [4.78, 5) is 8.81. The van der Waals surface area contributed by atoms with Crippen LogP contribution in [0.3, 0.4) is 0 Å². The highest BCUT2D eigenvalue weighted by molar-refractivity contribution is 5.89. The van der Waals surface area contributed by atoms with Crippen LogP contribution in [0.2, 0.25) is 0 Å². The molecular formula is C17H14N2. The van der Waals surface area contributed by atoms with Crippen LogP contribution in [0.1, 0.15) is 11.1 Å². The van der Waals surface area contributed by atoms with Crippen LogP contribution in [0.25, 0.3) is 10.9 Å². The molecule has 0 unspecified atom stereocenters. The maximum absolute atomic E-state index is 4.50. The van der Waals surface area contributed by atoms with Crippen molar-refractivity contribution in [3.05, 3.63) is 71.9 Å². The Morgan fingerprint density at radius 3 is 2.84 bits per heavy atom. The van der Waals surface area contributed by atoms with Gasteiger partial charge in [0, 0.05) is 17.8 Å². The Morgan fingerprint density at radius 2 is 1.95 bits per heavy atom. The Hall–Kier alpha value is -2.48. The average Bonchev–Trinajstić information content (AvgIpc) is 2.45. The molecule has 0 saturated heterocycles. The summed E-state index contributed by atoms with van der Waals surface area (Å²) in [7, 11) is 0. The van der Waals surface area contributed by atoms with Crippen molar-refractivity contribution in [3.63, 3.8) is 0 Å². The van der Waals surface area contributed by atoms with Gasteiger partial charge < -0.3 is 0 Å². The number of pyridine rings is 1. The van der Waals surface area contributed by atoms with E-state index in [4.69, 9.17) is 0 Å². The second kappa shape index (κ2) is 5.02. The molecule has 0 aliphatic heterocycles. The van der Waals surface area contributed by atoms with Gasteiger partial charge in [0.15, 0.2) is 0 Å². The summed E-state index contributed by atoms with van der Waals surface area (Å²) >= 11 is 0. The third kappa shape index (κ3) is 2.68. The largest absolute Gasteiger partial charge is 0.256 e. The molecule has 2 aromatic carbocycles. The number of fused-ring (bicyclic) bond motifs is 1. The summed E-state index contributed by atoms with van der Waals surface area (Å²) in [6, 6.07) is 18.3. The van der Waals surface area contributed by atoms with Gasteiger partial charge in [-0.1, -0.05) is 24.3 Å². The molecule has 2 nitrogen and oxygen atoms in total. The first-order valence-corrected chi connectivity index (χ1v) is 6.27. The van der Waals surface area contributed by atoms with E-state index in [1.807, 2.05) is 42.7 Å². The SMILES string of the molecule is Cc1cccc(N=Cc2ccc3ncccc3c2)c1. The van der Waals surface area contributed by atoms with Crippen molar-refractivity contribution in [3.8, 4) is 0 Å². The van der Waals surface area contributed by atoms with Crippen LogP contribution in [0, 0.1) is 6.92 Å². The summed E-state index contributed by atoms with van der Waals surface area (Å²) in [5.41, 5.74) is 4.29. The van der Waals surface area contributed by atoms with Crippen molar-refractivity contribution >= 4 is 22.8 Å². The molecule has 0 N–H and O–H groups in total. The molecule has 0 radical (unpaired) electrons. The lowest BCUT2D eigenvalue weighted by Crippen LogP contribution is -1.83. The number of hydrogen-bond acceptors (Lipinski definition) is 2. The van der Waals surface area contributed by atoms with Gasteiger partial charge in [-0.25, -0.2) is 0 Å². The van der Waals surface area contributed by atoms with Crippen molar-refractivity contribution in [1.82, 2.24) is 4.98 Å². The molecule has 3 aromatic rings. The Morgan fingerprint density at radius 1 is 1.00 bits per heavy atom. The second-order valence-electron chi connectivity index (χ2n) is 4.55. The molecule has 1 heterocycles. The minimum absolute atomic E-state index is 0.978. The van der Waals surface area contributed by atoms with Crippen LogP contribution in [0.4, 0.5) is 5.69 Å². The van der Waals surface area contributed by atoms with Crippen molar-refractivity contribution < 1.29 is 0 Å². The lowest BCUT2D eigenvalue weighted by Gasteiger charge is -1.99. The number of nitrogens with zero attached hydrogens (tertiary/aromatic N) is 2. The lowest BCUT2D eigenvalue weighted by atomic mass is 10.1. The van der Waals surface area contributed by atoms with E-state index in [0.29, 0.717) is 0 Å². The molecule has 92 valence electrons. The van der Waals surface area contributed by atoms with E-state index < -0.39 is 0 Å². The van der Waals surface area contributed by atoms with Crippen LogP contribution >= 0.6 is 0 Å². The van der Waals surface area contributed by atoms with Gasteiger partial charge in [-0.3, -0.25) is 9.98 Å². The molecule has 0 amide bonds. The van der Waals surface area contributed by atoms with Crippen LogP contribution < -0.4 is 0 Å². The number of hydrogen-bond donors (Lipinski definition) is 0.